The van der Waals surface area contributed by atoms with E-state index in [2.05, 4.69) is 47.2 Å². The molecule has 5 nitrogen and oxygen atoms in total. The van der Waals surface area contributed by atoms with Crippen LogP contribution in [0.15, 0.2) is 30.3 Å². The standard InChI is InChI=1S/C17H27N3O2S/c1-18-12-13-19(14-17(18)15-6-4-3-5-7-15)16-8-10-20(11-9-16)23(2,21)22/h3-7,16-17H,8-14H2,1-2H3/t17-/m1/s1. The summed E-state index contributed by atoms with van der Waals surface area (Å²) >= 11 is 0. The highest BCUT2D eigenvalue weighted by atomic mass is 32.2. The normalized spacial score (nSPS) is 26.4. The Balaban J connectivity index is 1.64. The fourth-order valence-corrected chi connectivity index (χ4v) is 4.67. The first-order valence-electron chi connectivity index (χ1n) is 8.39. The number of sulfonamides is 1. The maximum atomic E-state index is 11.7. The highest BCUT2D eigenvalue weighted by Crippen LogP contribution is 2.28. The summed E-state index contributed by atoms with van der Waals surface area (Å²) in [6.07, 6.45) is 3.20. The second-order valence-corrected chi connectivity index (χ2v) is 8.78. The predicted octanol–water partition coefficient (Wildman–Crippen LogP) is 1.40. The molecule has 0 aliphatic carbocycles. The molecular weight excluding hydrogens is 310 g/mol. The lowest BCUT2D eigenvalue weighted by molar-refractivity contribution is 0.0458. The number of piperidine rings is 1. The van der Waals surface area contributed by atoms with Crippen LogP contribution in [0.25, 0.3) is 0 Å². The first-order chi connectivity index (χ1) is 10.9. The van der Waals surface area contributed by atoms with E-state index >= 15 is 0 Å². The van der Waals surface area contributed by atoms with Crippen LogP contribution in [0.1, 0.15) is 24.4 Å². The third-order valence-electron chi connectivity index (χ3n) is 5.27. The fourth-order valence-electron chi connectivity index (χ4n) is 3.80. The maximum Gasteiger partial charge on any atom is 0.211 e. The maximum absolute atomic E-state index is 11.7. The SMILES string of the molecule is CN1CCN(C2CCN(S(C)(=O)=O)CC2)C[C@@H]1c1ccccc1. The summed E-state index contributed by atoms with van der Waals surface area (Å²) in [7, 11) is -0.840. The second-order valence-electron chi connectivity index (χ2n) is 6.80. The molecule has 0 unspecified atom stereocenters. The van der Waals surface area contributed by atoms with Crippen LogP contribution in [0.3, 0.4) is 0 Å². The van der Waals surface area contributed by atoms with Gasteiger partial charge in [0.05, 0.1) is 6.26 Å². The molecule has 0 radical (unpaired) electrons. The van der Waals surface area contributed by atoms with Crippen molar-refractivity contribution in [2.24, 2.45) is 0 Å². The van der Waals surface area contributed by atoms with Gasteiger partial charge in [-0.15, -0.1) is 0 Å². The monoisotopic (exact) mass is 337 g/mol. The average molecular weight is 337 g/mol. The van der Waals surface area contributed by atoms with Crippen molar-refractivity contribution >= 4 is 10.0 Å². The lowest BCUT2D eigenvalue weighted by Gasteiger charge is -2.45. The molecule has 23 heavy (non-hydrogen) atoms. The van der Waals surface area contributed by atoms with Crippen molar-refractivity contribution in [3.05, 3.63) is 35.9 Å². The summed E-state index contributed by atoms with van der Waals surface area (Å²) in [6.45, 7) is 4.48. The Morgan fingerprint density at radius 1 is 1.00 bits per heavy atom. The summed E-state index contributed by atoms with van der Waals surface area (Å²) in [5.41, 5.74) is 1.37. The number of hydrogen-bond donors (Lipinski definition) is 0. The molecule has 0 amide bonds. The van der Waals surface area contributed by atoms with E-state index in [1.165, 1.54) is 11.8 Å². The molecule has 6 heteroatoms. The van der Waals surface area contributed by atoms with Gasteiger partial charge in [-0.2, -0.15) is 0 Å². The lowest BCUT2D eigenvalue weighted by atomic mass is 9.98. The van der Waals surface area contributed by atoms with Gasteiger partial charge in [0.1, 0.15) is 0 Å². The van der Waals surface area contributed by atoms with Gasteiger partial charge in [-0.25, -0.2) is 12.7 Å². The molecule has 1 atom stereocenters. The van der Waals surface area contributed by atoms with Crippen molar-refractivity contribution in [3.8, 4) is 0 Å². The van der Waals surface area contributed by atoms with E-state index in [1.54, 1.807) is 4.31 Å². The number of rotatable bonds is 3. The van der Waals surface area contributed by atoms with Crippen LogP contribution in [-0.4, -0.2) is 74.6 Å². The Kier molecular flexibility index (Phi) is 5.06. The van der Waals surface area contributed by atoms with Gasteiger partial charge >= 0.3 is 0 Å². The molecule has 0 aromatic heterocycles. The topological polar surface area (TPSA) is 43.9 Å². The molecule has 2 aliphatic heterocycles. The zero-order valence-electron chi connectivity index (χ0n) is 14.1. The molecule has 1 aromatic rings. The lowest BCUT2D eigenvalue weighted by Crippen LogP contribution is -2.53. The fraction of sp³-hybridized carbons (Fsp3) is 0.647. The van der Waals surface area contributed by atoms with Crippen LogP contribution < -0.4 is 0 Å². The Labute approximate surface area is 139 Å². The Morgan fingerprint density at radius 3 is 2.26 bits per heavy atom. The van der Waals surface area contributed by atoms with Gasteiger partial charge in [-0.05, 0) is 25.5 Å². The highest BCUT2D eigenvalue weighted by Gasteiger charge is 2.33. The van der Waals surface area contributed by atoms with Gasteiger partial charge in [-0.3, -0.25) is 9.80 Å². The van der Waals surface area contributed by atoms with Crippen LogP contribution in [0.2, 0.25) is 0 Å². The molecular formula is C17H27N3O2S. The van der Waals surface area contributed by atoms with Crippen molar-refractivity contribution in [1.82, 2.24) is 14.1 Å². The van der Waals surface area contributed by atoms with Crippen LogP contribution in [0, 0.1) is 0 Å². The summed E-state index contributed by atoms with van der Waals surface area (Å²) in [5, 5.41) is 0. The van der Waals surface area contributed by atoms with Crippen LogP contribution >= 0.6 is 0 Å². The van der Waals surface area contributed by atoms with Crippen LogP contribution in [0.4, 0.5) is 0 Å². The van der Waals surface area contributed by atoms with E-state index in [1.807, 2.05) is 0 Å². The molecule has 2 fully saturated rings. The summed E-state index contributed by atoms with van der Waals surface area (Å²) < 4.78 is 24.9. The quantitative estimate of drug-likeness (QED) is 0.836. The average Bonchev–Trinajstić information content (AvgIpc) is 2.55. The number of piperazine rings is 1. The van der Waals surface area contributed by atoms with Gasteiger partial charge in [0, 0.05) is 44.8 Å². The van der Waals surface area contributed by atoms with Crippen LogP contribution in [0.5, 0.6) is 0 Å². The number of likely N-dealkylation sites (N-methyl/N-ethyl adjacent to an activating group) is 1. The van der Waals surface area contributed by atoms with Crippen molar-refractivity contribution < 1.29 is 8.42 Å². The number of benzene rings is 1. The third kappa shape index (κ3) is 3.94. The summed E-state index contributed by atoms with van der Waals surface area (Å²) in [5.74, 6) is 0. The minimum Gasteiger partial charge on any atom is -0.297 e. The van der Waals surface area contributed by atoms with Crippen LogP contribution in [-0.2, 0) is 10.0 Å². The Bertz CT molecular complexity index is 612. The van der Waals surface area contributed by atoms with Gasteiger partial charge in [0.2, 0.25) is 10.0 Å². The van der Waals surface area contributed by atoms with Gasteiger partial charge in [-0.1, -0.05) is 30.3 Å². The Morgan fingerprint density at radius 2 is 1.65 bits per heavy atom. The zero-order chi connectivity index (χ0) is 16.4. The third-order valence-corrected chi connectivity index (χ3v) is 6.58. The van der Waals surface area contributed by atoms with Crippen molar-refractivity contribution in [2.75, 3.05) is 46.0 Å². The molecule has 2 saturated heterocycles. The number of hydrogen-bond acceptors (Lipinski definition) is 4. The zero-order valence-corrected chi connectivity index (χ0v) is 14.9. The Hall–Kier alpha value is -0.950. The minimum atomic E-state index is -3.04. The molecule has 0 N–H and O–H groups in total. The van der Waals surface area contributed by atoms with Gasteiger partial charge < -0.3 is 0 Å². The van der Waals surface area contributed by atoms with Gasteiger partial charge in [0.25, 0.3) is 0 Å². The van der Waals surface area contributed by atoms with Crippen molar-refractivity contribution in [2.45, 2.75) is 24.9 Å². The molecule has 0 bridgehead atoms. The molecule has 0 spiro atoms. The molecule has 2 aliphatic rings. The first kappa shape index (κ1) is 16.9. The molecule has 128 valence electrons. The van der Waals surface area contributed by atoms with Crippen molar-refractivity contribution in [1.29, 1.82) is 0 Å². The highest BCUT2D eigenvalue weighted by molar-refractivity contribution is 7.88. The molecule has 2 heterocycles. The molecule has 3 rings (SSSR count). The molecule has 1 aromatic carbocycles. The van der Waals surface area contributed by atoms with Gasteiger partial charge in [0.15, 0.2) is 0 Å². The van der Waals surface area contributed by atoms with E-state index in [9.17, 15) is 8.42 Å². The summed E-state index contributed by atoms with van der Waals surface area (Å²) in [6, 6.07) is 11.6. The van der Waals surface area contributed by atoms with E-state index in [0.717, 1.165) is 32.5 Å². The second kappa shape index (κ2) is 6.89. The van der Waals surface area contributed by atoms with E-state index in [4.69, 9.17) is 0 Å². The number of nitrogens with zero attached hydrogens (tertiary/aromatic N) is 3. The van der Waals surface area contributed by atoms with E-state index in [-0.39, 0.29) is 0 Å². The smallest absolute Gasteiger partial charge is 0.211 e. The first-order valence-corrected chi connectivity index (χ1v) is 10.2. The van der Waals surface area contributed by atoms with E-state index < -0.39 is 10.0 Å². The largest absolute Gasteiger partial charge is 0.297 e. The van der Waals surface area contributed by atoms with Crippen molar-refractivity contribution in [3.63, 3.8) is 0 Å². The summed E-state index contributed by atoms with van der Waals surface area (Å²) in [4.78, 5) is 4.99. The minimum absolute atomic E-state index is 0.429. The molecule has 0 saturated carbocycles. The predicted molar refractivity (Wildman–Crippen MR) is 92.8 cm³/mol. The van der Waals surface area contributed by atoms with E-state index in [0.29, 0.717) is 25.2 Å².